The van der Waals surface area contributed by atoms with E-state index in [1.165, 1.54) is 0 Å². The summed E-state index contributed by atoms with van der Waals surface area (Å²) in [6.07, 6.45) is 2.87. The Morgan fingerprint density at radius 3 is 2.60 bits per heavy atom. The molecule has 0 aromatic heterocycles. The van der Waals surface area contributed by atoms with Gasteiger partial charge in [0, 0.05) is 0 Å². The zero-order valence-corrected chi connectivity index (χ0v) is 6.30. The first-order valence-electron chi connectivity index (χ1n) is 2.79. The molecule has 0 radical (unpaired) electrons. The van der Waals surface area contributed by atoms with Crippen molar-refractivity contribution in [2.24, 2.45) is 0 Å². The first kappa shape index (κ1) is 9.61. The van der Waals surface area contributed by atoms with E-state index in [-0.39, 0.29) is 6.61 Å². The van der Waals surface area contributed by atoms with Crippen LogP contribution >= 0.6 is 0 Å². The van der Waals surface area contributed by atoms with Gasteiger partial charge in [0.25, 0.3) is 0 Å². The highest BCUT2D eigenvalue weighted by Crippen LogP contribution is 1.93. The summed E-state index contributed by atoms with van der Waals surface area (Å²) in [6.45, 7) is 3.43. The summed E-state index contributed by atoms with van der Waals surface area (Å²) in [4.78, 5) is 0. The van der Waals surface area contributed by atoms with Gasteiger partial charge >= 0.3 is 10.4 Å². The van der Waals surface area contributed by atoms with Gasteiger partial charge < -0.3 is 0 Å². The molecule has 0 amide bonds. The summed E-state index contributed by atoms with van der Waals surface area (Å²) in [6, 6.07) is 0. The third kappa shape index (κ3) is 7.61. The van der Waals surface area contributed by atoms with Crippen molar-refractivity contribution in [1.82, 2.24) is 0 Å². The van der Waals surface area contributed by atoms with Gasteiger partial charge in [-0.1, -0.05) is 6.08 Å². The molecule has 0 bridgehead atoms. The Kier molecular flexibility index (Phi) is 4.26. The van der Waals surface area contributed by atoms with Gasteiger partial charge in [-0.25, -0.2) is 4.18 Å². The molecule has 4 nitrogen and oxygen atoms in total. The monoisotopic (exact) mass is 166 g/mol. The van der Waals surface area contributed by atoms with Crippen LogP contribution in [0.4, 0.5) is 0 Å². The largest absolute Gasteiger partial charge is 0.397 e. The maximum Gasteiger partial charge on any atom is 0.397 e. The van der Waals surface area contributed by atoms with E-state index < -0.39 is 10.4 Å². The van der Waals surface area contributed by atoms with E-state index in [9.17, 15) is 8.42 Å². The highest BCUT2D eigenvalue weighted by Gasteiger charge is 2.01. The van der Waals surface area contributed by atoms with Gasteiger partial charge in [-0.3, -0.25) is 4.55 Å². The third-order valence-corrected chi connectivity index (χ3v) is 1.25. The highest BCUT2D eigenvalue weighted by molar-refractivity contribution is 7.80. The lowest BCUT2D eigenvalue weighted by Gasteiger charge is -1.95. The van der Waals surface area contributed by atoms with Crippen LogP contribution in [0.5, 0.6) is 0 Å². The molecule has 0 aliphatic rings. The molecule has 0 aromatic rings. The van der Waals surface area contributed by atoms with E-state index in [2.05, 4.69) is 10.8 Å². The van der Waals surface area contributed by atoms with Crippen LogP contribution in [-0.4, -0.2) is 19.6 Å². The molecular weight excluding hydrogens is 156 g/mol. The van der Waals surface area contributed by atoms with Crippen molar-refractivity contribution in [2.45, 2.75) is 12.8 Å². The van der Waals surface area contributed by atoms with Gasteiger partial charge in [0.05, 0.1) is 6.61 Å². The van der Waals surface area contributed by atoms with Crippen molar-refractivity contribution in [3.8, 4) is 0 Å². The van der Waals surface area contributed by atoms with E-state index in [0.717, 1.165) is 0 Å². The smallest absolute Gasteiger partial charge is 0.264 e. The molecule has 5 heteroatoms. The summed E-state index contributed by atoms with van der Waals surface area (Å²) in [5, 5.41) is 0. The van der Waals surface area contributed by atoms with Gasteiger partial charge in [0.1, 0.15) is 0 Å². The topological polar surface area (TPSA) is 63.6 Å². The zero-order chi connectivity index (χ0) is 8.04. The summed E-state index contributed by atoms with van der Waals surface area (Å²) in [5.74, 6) is 0. The van der Waals surface area contributed by atoms with Crippen LogP contribution < -0.4 is 0 Å². The van der Waals surface area contributed by atoms with Crippen molar-refractivity contribution < 1.29 is 17.2 Å². The van der Waals surface area contributed by atoms with Crippen LogP contribution in [-0.2, 0) is 14.6 Å². The van der Waals surface area contributed by atoms with Gasteiger partial charge in [0.15, 0.2) is 0 Å². The Hall–Kier alpha value is -0.390. The Morgan fingerprint density at radius 2 is 2.20 bits per heavy atom. The maximum atomic E-state index is 9.90. The Balaban J connectivity index is 3.29. The Labute approximate surface area is 60.5 Å². The average molecular weight is 166 g/mol. The van der Waals surface area contributed by atoms with Crippen molar-refractivity contribution >= 4 is 10.4 Å². The number of rotatable bonds is 5. The molecule has 1 N–H and O–H groups in total. The van der Waals surface area contributed by atoms with E-state index >= 15 is 0 Å². The second-order valence-corrected chi connectivity index (χ2v) is 2.77. The molecule has 0 rings (SSSR count). The van der Waals surface area contributed by atoms with E-state index in [1.54, 1.807) is 6.08 Å². The molecule has 0 saturated carbocycles. The maximum absolute atomic E-state index is 9.90. The predicted molar refractivity (Wildman–Crippen MR) is 36.9 cm³/mol. The molecule has 0 spiro atoms. The molecule has 0 heterocycles. The summed E-state index contributed by atoms with van der Waals surface area (Å²) in [7, 11) is -4.24. The predicted octanol–water partition coefficient (Wildman–Crippen LogP) is 0.772. The lowest BCUT2D eigenvalue weighted by Crippen LogP contribution is -2.04. The van der Waals surface area contributed by atoms with Crippen LogP contribution in [0.1, 0.15) is 12.8 Å². The number of hydrogen-bond acceptors (Lipinski definition) is 3. The van der Waals surface area contributed by atoms with Crippen LogP contribution in [0.15, 0.2) is 12.7 Å². The normalized spacial score (nSPS) is 11.3. The van der Waals surface area contributed by atoms with Gasteiger partial charge in [-0.15, -0.1) is 6.58 Å². The molecule has 60 valence electrons. The van der Waals surface area contributed by atoms with Gasteiger partial charge in [0.2, 0.25) is 0 Å². The first-order valence-corrected chi connectivity index (χ1v) is 4.15. The molecule has 10 heavy (non-hydrogen) atoms. The number of unbranched alkanes of at least 4 members (excludes halogenated alkanes) is 1. The molecule has 0 atom stereocenters. The second-order valence-electron chi connectivity index (χ2n) is 1.68. The third-order valence-electron chi connectivity index (χ3n) is 0.785. The van der Waals surface area contributed by atoms with Crippen molar-refractivity contribution in [3.63, 3.8) is 0 Å². The minimum Gasteiger partial charge on any atom is -0.264 e. The lowest BCUT2D eigenvalue weighted by atomic mass is 10.3. The second kappa shape index (κ2) is 4.43. The summed E-state index contributed by atoms with van der Waals surface area (Å²) < 4.78 is 31.9. The fourth-order valence-electron chi connectivity index (χ4n) is 0.392. The highest BCUT2D eigenvalue weighted by atomic mass is 32.3. The molecular formula is C5H10O4S. The summed E-state index contributed by atoms with van der Waals surface area (Å²) >= 11 is 0. The van der Waals surface area contributed by atoms with Gasteiger partial charge in [-0.05, 0) is 12.8 Å². The Morgan fingerprint density at radius 1 is 1.60 bits per heavy atom. The molecule has 0 unspecified atom stereocenters. The number of allylic oxidation sites excluding steroid dienone is 1. The van der Waals surface area contributed by atoms with Gasteiger partial charge in [-0.2, -0.15) is 8.42 Å². The molecule has 0 fully saturated rings. The van der Waals surface area contributed by atoms with E-state index in [0.29, 0.717) is 12.8 Å². The van der Waals surface area contributed by atoms with Crippen molar-refractivity contribution in [1.29, 1.82) is 0 Å². The van der Waals surface area contributed by atoms with Crippen LogP contribution in [0.2, 0.25) is 0 Å². The van der Waals surface area contributed by atoms with E-state index in [4.69, 9.17) is 4.55 Å². The molecule has 0 aromatic carbocycles. The fourth-order valence-corrected chi connectivity index (χ4v) is 0.720. The Bertz CT molecular complexity index is 182. The van der Waals surface area contributed by atoms with Crippen LogP contribution in [0.3, 0.4) is 0 Å². The molecule has 0 saturated heterocycles. The zero-order valence-electron chi connectivity index (χ0n) is 5.49. The standard InChI is InChI=1S/C5H10O4S/c1-2-3-4-5-9-10(6,7)8/h2H,1,3-5H2,(H,6,7,8). The van der Waals surface area contributed by atoms with Crippen molar-refractivity contribution in [3.05, 3.63) is 12.7 Å². The quantitative estimate of drug-likeness (QED) is 0.372. The number of hydrogen-bond donors (Lipinski definition) is 1. The summed E-state index contributed by atoms with van der Waals surface area (Å²) in [5.41, 5.74) is 0. The van der Waals surface area contributed by atoms with E-state index in [1.807, 2.05) is 0 Å². The minimum atomic E-state index is -4.24. The SMILES string of the molecule is C=CCCCOS(=O)(=O)O. The van der Waals surface area contributed by atoms with Crippen LogP contribution in [0.25, 0.3) is 0 Å². The minimum absolute atomic E-state index is 0.00481. The van der Waals surface area contributed by atoms with Crippen molar-refractivity contribution in [2.75, 3.05) is 6.61 Å². The first-order chi connectivity index (χ1) is 4.56. The van der Waals surface area contributed by atoms with Crippen LogP contribution in [0, 0.1) is 0 Å². The molecule has 0 aliphatic carbocycles. The fraction of sp³-hybridized carbons (Fsp3) is 0.600. The lowest BCUT2D eigenvalue weighted by molar-refractivity contribution is 0.266. The molecule has 0 aliphatic heterocycles. The average Bonchev–Trinajstić information content (AvgIpc) is 1.78.